The normalized spacial score (nSPS) is 9.21. The summed E-state index contributed by atoms with van der Waals surface area (Å²) >= 11 is 25.3. The molecule has 154 valence electrons. The Balaban J connectivity index is 0. The van der Waals surface area contributed by atoms with Crippen LogP contribution in [-0.4, -0.2) is 24.0 Å². The molecule has 3 rings (SSSR count). The summed E-state index contributed by atoms with van der Waals surface area (Å²) in [6.45, 7) is 2.09. The van der Waals surface area contributed by atoms with Gasteiger partial charge in [0.05, 0.1) is 39.9 Å². The molecule has 1 aromatic heterocycles. The maximum absolute atomic E-state index is 9.96. The fourth-order valence-electron chi connectivity index (χ4n) is 1.58. The average Bonchev–Trinajstić information content (AvgIpc) is 3.03. The maximum atomic E-state index is 9.96. The van der Waals surface area contributed by atoms with Gasteiger partial charge in [0.1, 0.15) is 0 Å². The fourth-order valence-corrected chi connectivity index (χ4v) is 3.53. The molecule has 0 radical (unpaired) electrons. The Bertz CT molecular complexity index is 946. The molecule has 0 aliphatic carbocycles. The minimum absolute atomic E-state index is 0. The van der Waals surface area contributed by atoms with Gasteiger partial charge in [-0.3, -0.25) is 9.18 Å². The van der Waals surface area contributed by atoms with E-state index in [-0.39, 0.29) is 51.4 Å². The number of aromatic nitrogens is 1. The number of nitrogens with one attached hydrogen (secondary N) is 1. The van der Waals surface area contributed by atoms with Gasteiger partial charge >= 0.3 is 51.4 Å². The second kappa shape index (κ2) is 18.3. The molecule has 0 fully saturated rings. The quantitative estimate of drug-likeness (QED) is 0.144. The van der Waals surface area contributed by atoms with Gasteiger partial charge in [-0.1, -0.05) is 35.3 Å². The zero-order chi connectivity index (χ0) is 22.4. The molecule has 29 heavy (non-hydrogen) atoms. The number of thiazole rings is 1. The molecule has 0 spiro atoms. The van der Waals surface area contributed by atoms with Crippen LogP contribution in [0.4, 0.5) is 14.9 Å². The topological polar surface area (TPSA) is 68.1 Å². The number of aromatic amines is 1. The van der Waals surface area contributed by atoms with E-state index in [0.717, 1.165) is 23.7 Å². The molecule has 0 atom stereocenters. The van der Waals surface area contributed by atoms with Crippen LogP contribution in [0.3, 0.4) is 0 Å². The van der Waals surface area contributed by atoms with Crippen LogP contribution in [0, 0.1) is 3.95 Å². The van der Waals surface area contributed by atoms with E-state index in [1.165, 1.54) is 11.3 Å². The molecule has 12 heteroatoms. The third-order valence-corrected chi connectivity index (χ3v) is 5.90. The summed E-state index contributed by atoms with van der Waals surface area (Å²) in [6, 6.07) is 11.1. The van der Waals surface area contributed by atoms with E-state index in [2.05, 4.69) is 38.3 Å². The number of H-pyrrole nitrogens is 1. The first-order valence-corrected chi connectivity index (χ1v) is 10.5. The second-order valence-electron chi connectivity index (χ2n) is 4.46. The molecule has 3 aromatic rings. The van der Waals surface area contributed by atoms with E-state index >= 15 is 0 Å². The number of anilines is 1. The molecule has 0 aliphatic rings. The number of hydrogen-bond acceptors (Lipinski definition) is 6. The van der Waals surface area contributed by atoms with Crippen molar-refractivity contribution in [3.63, 3.8) is 0 Å². The minimum Gasteiger partial charge on any atom is -0.698 e. The Morgan fingerprint density at radius 1 is 1.38 bits per heavy atom. The van der Waals surface area contributed by atoms with E-state index in [1.54, 1.807) is 19.1 Å². The number of nitrogen functional groups attached to an aromatic ring is 1. The molecule has 2 aromatic carbocycles. The zero-order valence-corrected chi connectivity index (χ0v) is 24.2. The van der Waals surface area contributed by atoms with Gasteiger partial charge in [-0.05, 0) is 59.3 Å². The van der Waals surface area contributed by atoms with Crippen molar-refractivity contribution in [3.05, 3.63) is 54.9 Å². The third-order valence-electron chi connectivity index (χ3n) is 2.64. The largest absolute Gasteiger partial charge is 1.00 e. The predicted molar refractivity (Wildman–Crippen MR) is 127 cm³/mol. The van der Waals surface area contributed by atoms with Gasteiger partial charge in [0.25, 0.3) is 0 Å². The molecule has 0 saturated carbocycles. The number of benzene rings is 2. The number of hydrogen-bond donors (Lipinski definition) is 2. The molecule has 0 unspecified atom stereocenters. The van der Waals surface area contributed by atoms with Gasteiger partial charge in [-0.2, -0.15) is 0 Å². The van der Waals surface area contributed by atoms with Crippen molar-refractivity contribution >= 4 is 96.5 Å². The Morgan fingerprint density at radius 2 is 1.93 bits per heavy atom. The summed E-state index contributed by atoms with van der Waals surface area (Å²) in [5, 5.41) is 0.785. The molecule has 0 bridgehead atoms. The fraction of sp³-hybridized carbons (Fsp3) is 0.176. The molecular formula is C17H17BrCl2FKN2O2S3. The number of halogens is 4. The van der Waals surface area contributed by atoms with Crippen molar-refractivity contribution in [2.24, 2.45) is 0 Å². The molecule has 0 saturated heterocycles. The minimum atomic E-state index is -1.00. The second-order valence-corrected chi connectivity index (χ2v) is 8.09. The number of nitrogens with two attached hydrogens (primary N) is 1. The smallest absolute Gasteiger partial charge is 0.698 e. The van der Waals surface area contributed by atoms with Gasteiger partial charge in [-0.25, -0.2) is 0 Å². The number of rotatable bonds is 1. The standard InChI is InChI=1S/C7H4ClNS2.C6H5BrClN.C3H6O2S.CH3F.K/c8-4-2-1-3-5-6(4)11-7(10)9-5;7-6-4(8)2-1-3-5(6)9;1-2-5-3(4)6;1-2;/h1-3H,(H,9,10);1-3H,9H2;2H2,1H3,(H,4,6);1H3;/q;;;;+1/p-1/i;;;1D;. The molecule has 1 heterocycles. The van der Waals surface area contributed by atoms with Crippen LogP contribution >= 0.6 is 62.7 Å². The summed E-state index contributed by atoms with van der Waals surface area (Å²) < 4.78 is 22.3. The summed E-state index contributed by atoms with van der Waals surface area (Å²) in [5.41, 5.74) is 7.18. The van der Waals surface area contributed by atoms with Crippen LogP contribution in [-0.2, 0) is 17.4 Å². The molecule has 3 N–H and O–H groups in total. The SMILES string of the molecule is CCOC(=O)[S-].Nc1cccc(Cl)c1Br.S=c1[nH]c2cccc(Cl)c2s1.[2H]CF.[K+]. The van der Waals surface area contributed by atoms with Crippen LogP contribution in [0.25, 0.3) is 10.2 Å². The number of alkyl halides is 1. The molecular weight excluding hydrogens is 569 g/mol. The van der Waals surface area contributed by atoms with Gasteiger partial charge in [0, 0.05) is 5.69 Å². The zero-order valence-electron chi connectivity index (χ0n) is 16.5. The summed E-state index contributed by atoms with van der Waals surface area (Å²) in [4.78, 5) is 12.7. The summed E-state index contributed by atoms with van der Waals surface area (Å²) in [6.07, 6.45) is 0. The predicted octanol–water partition coefficient (Wildman–Crippen LogP) is 4.58. The Kier molecular flexibility index (Phi) is 18.7. The Labute approximate surface area is 246 Å². The van der Waals surface area contributed by atoms with E-state index in [1.807, 2.05) is 24.3 Å². The van der Waals surface area contributed by atoms with Gasteiger partial charge < -0.3 is 28.1 Å². The molecule has 0 amide bonds. The number of carbonyl (C=O) groups excluding carboxylic acids is 1. The maximum Gasteiger partial charge on any atom is 1.00 e. The molecule has 0 aliphatic heterocycles. The van der Waals surface area contributed by atoms with Crippen molar-refractivity contribution in [3.8, 4) is 0 Å². The van der Waals surface area contributed by atoms with Crippen LogP contribution in [0.15, 0.2) is 40.9 Å². The monoisotopic (exact) mass is 585 g/mol. The average molecular weight is 587 g/mol. The van der Waals surface area contributed by atoms with Crippen molar-refractivity contribution in [1.29, 1.82) is 0 Å². The van der Waals surface area contributed by atoms with Gasteiger partial charge in [0.2, 0.25) is 0 Å². The van der Waals surface area contributed by atoms with Gasteiger partial charge in [-0.15, -0.1) is 11.3 Å². The van der Waals surface area contributed by atoms with E-state index < -0.39 is 12.5 Å². The first kappa shape index (κ1) is 29.7. The van der Waals surface area contributed by atoms with E-state index in [4.69, 9.17) is 42.5 Å². The van der Waals surface area contributed by atoms with E-state index in [9.17, 15) is 9.18 Å². The first-order chi connectivity index (χ1) is 13.7. The van der Waals surface area contributed by atoms with Crippen molar-refractivity contribution in [1.82, 2.24) is 4.98 Å². The number of ether oxygens (including phenoxy) is 1. The Morgan fingerprint density at radius 3 is 2.34 bits per heavy atom. The molecule has 4 nitrogen and oxygen atoms in total. The number of fused-ring (bicyclic) bond motifs is 1. The van der Waals surface area contributed by atoms with Crippen LogP contribution < -0.4 is 57.1 Å². The first-order valence-electron chi connectivity index (χ1n) is 8.04. The van der Waals surface area contributed by atoms with Crippen LogP contribution in [0.1, 0.15) is 8.29 Å². The van der Waals surface area contributed by atoms with Crippen LogP contribution in [0.5, 0.6) is 0 Å². The summed E-state index contributed by atoms with van der Waals surface area (Å²) in [7, 11) is -1.00. The summed E-state index contributed by atoms with van der Waals surface area (Å²) in [5.74, 6) is 0. The third kappa shape index (κ3) is 13.0. The van der Waals surface area contributed by atoms with Crippen molar-refractivity contribution in [2.75, 3.05) is 19.5 Å². The van der Waals surface area contributed by atoms with Crippen molar-refractivity contribution < 1.29 is 66.7 Å². The van der Waals surface area contributed by atoms with Crippen LogP contribution in [0.2, 0.25) is 10.0 Å². The van der Waals surface area contributed by atoms with Gasteiger partial charge in [0.15, 0.2) is 9.26 Å². The number of carbonyl (C=O) groups is 1. The van der Waals surface area contributed by atoms with E-state index in [0.29, 0.717) is 17.3 Å². The Hall–Kier alpha value is 0.666. The van der Waals surface area contributed by atoms with Crippen molar-refractivity contribution in [2.45, 2.75) is 6.92 Å².